The molecule has 0 bridgehead atoms. The smallest absolute Gasteiger partial charge is 0.380 e. The first-order chi connectivity index (χ1) is 14.5. The average Bonchev–Trinajstić information content (AvgIpc) is 2.68. The van der Waals surface area contributed by atoms with Crippen LogP contribution in [0.4, 0.5) is 0 Å². The molecular weight excluding hydrogens is 468 g/mol. The van der Waals surface area contributed by atoms with Crippen LogP contribution in [-0.2, 0) is 33.8 Å². The molecule has 3 aromatic carbocycles. The first-order valence-corrected chi connectivity index (χ1v) is 12.8. The van der Waals surface area contributed by atoms with Crippen molar-refractivity contribution in [2.45, 2.75) is 3.41 Å². The van der Waals surface area contributed by atoms with Crippen molar-refractivity contribution in [3.63, 3.8) is 0 Å². The standard InChI is InChI=1S/C19H16O9S3/c20-29(21,22)19(16-10-4-1-5-11-16,30(23,24)27-17-12-6-2-7-13-17)31(25,26)28-18-14-8-3-9-15-18/h1-15H,(H,20,21,22). The van der Waals surface area contributed by atoms with Crippen molar-refractivity contribution >= 4 is 30.4 Å². The summed E-state index contributed by atoms with van der Waals surface area (Å²) in [7, 11) is -17.3. The molecule has 0 spiro atoms. The third kappa shape index (κ3) is 4.14. The predicted octanol–water partition coefficient (Wildman–Crippen LogP) is 2.50. The summed E-state index contributed by atoms with van der Waals surface area (Å²) in [5.41, 5.74) is -0.815. The second-order valence-corrected chi connectivity index (χ2v) is 11.8. The lowest BCUT2D eigenvalue weighted by atomic mass is 10.2. The van der Waals surface area contributed by atoms with E-state index in [0.29, 0.717) is 0 Å². The Labute approximate surface area is 179 Å². The third-order valence-corrected chi connectivity index (χ3v) is 11.3. The molecule has 9 nitrogen and oxygen atoms in total. The van der Waals surface area contributed by atoms with Crippen molar-refractivity contribution in [2.75, 3.05) is 0 Å². The van der Waals surface area contributed by atoms with Gasteiger partial charge in [0.05, 0.1) is 0 Å². The van der Waals surface area contributed by atoms with Crippen LogP contribution in [0, 0.1) is 0 Å². The van der Waals surface area contributed by atoms with Crippen LogP contribution in [0.25, 0.3) is 0 Å². The first-order valence-electron chi connectivity index (χ1n) is 8.52. The van der Waals surface area contributed by atoms with E-state index in [1.807, 2.05) is 0 Å². The zero-order valence-corrected chi connectivity index (χ0v) is 18.0. The van der Waals surface area contributed by atoms with Gasteiger partial charge in [0.1, 0.15) is 11.5 Å². The lowest BCUT2D eigenvalue weighted by Crippen LogP contribution is -2.53. The van der Waals surface area contributed by atoms with Crippen LogP contribution in [0.15, 0.2) is 91.0 Å². The van der Waals surface area contributed by atoms with Crippen molar-refractivity contribution in [1.29, 1.82) is 0 Å². The van der Waals surface area contributed by atoms with E-state index in [9.17, 15) is 29.8 Å². The van der Waals surface area contributed by atoms with Crippen molar-refractivity contribution in [3.8, 4) is 11.5 Å². The fourth-order valence-electron chi connectivity index (χ4n) is 2.78. The van der Waals surface area contributed by atoms with Gasteiger partial charge in [-0.2, -0.15) is 25.3 Å². The molecule has 0 atom stereocenters. The third-order valence-electron chi connectivity index (χ3n) is 4.02. The van der Waals surface area contributed by atoms with Gasteiger partial charge in [0, 0.05) is 5.56 Å². The molecule has 1 N–H and O–H groups in total. The van der Waals surface area contributed by atoms with E-state index in [0.717, 1.165) is 12.1 Å². The minimum atomic E-state index is -5.96. The molecule has 0 fully saturated rings. The number of para-hydroxylation sites is 2. The highest BCUT2D eigenvalue weighted by molar-refractivity contribution is 8.20. The maximum atomic E-state index is 13.3. The SMILES string of the molecule is O=S(=O)(O)C(c1ccccc1)(S(=O)(=O)Oc1ccccc1)S(=O)(=O)Oc1ccccc1. The lowest BCUT2D eigenvalue weighted by Gasteiger charge is -2.28. The van der Waals surface area contributed by atoms with Crippen molar-refractivity contribution in [2.24, 2.45) is 0 Å². The summed E-state index contributed by atoms with van der Waals surface area (Å²) >= 11 is 0. The Morgan fingerprint density at radius 3 is 1.19 bits per heavy atom. The fraction of sp³-hybridized carbons (Fsp3) is 0.0526. The second-order valence-electron chi connectivity index (χ2n) is 6.10. The van der Waals surface area contributed by atoms with Gasteiger partial charge >= 0.3 is 33.8 Å². The quantitative estimate of drug-likeness (QED) is 0.377. The molecule has 0 unspecified atom stereocenters. The molecule has 0 radical (unpaired) electrons. The fourth-order valence-corrected chi connectivity index (χ4v) is 8.48. The van der Waals surface area contributed by atoms with Crippen molar-refractivity contribution in [1.82, 2.24) is 0 Å². The minimum absolute atomic E-state index is 0.374. The summed E-state index contributed by atoms with van der Waals surface area (Å²) in [5, 5.41) is 0. The van der Waals surface area contributed by atoms with Gasteiger partial charge in [-0.1, -0.05) is 66.7 Å². The Kier molecular flexibility index (Phi) is 6.09. The summed E-state index contributed by atoms with van der Waals surface area (Å²) < 4.78 is 94.0. The van der Waals surface area contributed by atoms with Gasteiger partial charge in [0.25, 0.3) is 0 Å². The second kappa shape index (κ2) is 8.30. The van der Waals surface area contributed by atoms with Gasteiger partial charge in [-0.05, 0) is 24.3 Å². The van der Waals surface area contributed by atoms with Crippen LogP contribution < -0.4 is 8.37 Å². The molecule has 0 aliphatic heterocycles. The highest BCUT2D eigenvalue weighted by Gasteiger charge is 2.70. The van der Waals surface area contributed by atoms with Crippen LogP contribution in [-0.4, -0.2) is 29.8 Å². The summed E-state index contributed by atoms with van der Waals surface area (Å²) in [6.07, 6.45) is 0. The monoisotopic (exact) mass is 484 g/mol. The molecule has 0 saturated carbocycles. The molecular formula is C19H16O9S3. The van der Waals surface area contributed by atoms with E-state index in [1.165, 1.54) is 78.9 Å². The molecule has 0 amide bonds. The van der Waals surface area contributed by atoms with E-state index in [2.05, 4.69) is 0 Å². The van der Waals surface area contributed by atoms with Gasteiger partial charge in [-0.25, -0.2) is 0 Å². The van der Waals surface area contributed by atoms with Crippen LogP contribution in [0.2, 0.25) is 0 Å². The number of hydrogen-bond acceptors (Lipinski definition) is 8. The molecule has 0 saturated heterocycles. The van der Waals surface area contributed by atoms with Gasteiger partial charge < -0.3 is 8.37 Å². The summed E-state index contributed by atoms with van der Waals surface area (Å²) in [6, 6.07) is 18.9. The van der Waals surface area contributed by atoms with Gasteiger partial charge in [-0.3, -0.25) is 4.55 Å². The van der Waals surface area contributed by atoms with Crippen LogP contribution in [0.3, 0.4) is 0 Å². The largest absolute Gasteiger partial charge is 0.390 e. The predicted molar refractivity (Wildman–Crippen MR) is 112 cm³/mol. The lowest BCUT2D eigenvalue weighted by molar-refractivity contribution is 0.428. The minimum Gasteiger partial charge on any atom is -0.380 e. The first kappa shape index (κ1) is 22.7. The van der Waals surface area contributed by atoms with Crippen LogP contribution in [0.1, 0.15) is 5.56 Å². The van der Waals surface area contributed by atoms with E-state index in [4.69, 9.17) is 8.37 Å². The highest BCUT2D eigenvalue weighted by atomic mass is 32.3. The molecule has 3 rings (SSSR count). The van der Waals surface area contributed by atoms with Gasteiger partial charge in [0.2, 0.25) is 0 Å². The number of hydrogen-bond donors (Lipinski definition) is 1. The Morgan fingerprint density at radius 1 is 0.548 bits per heavy atom. The highest BCUT2D eigenvalue weighted by Crippen LogP contribution is 2.43. The molecule has 0 aliphatic rings. The van der Waals surface area contributed by atoms with Gasteiger partial charge in [0.15, 0.2) is 0 Å². The Hall–Kier alpha value is -2.93. The zero-order valence-electron chi connectivity index (χ0n) is 15.6. The Morgan fingerprint density at radius 2 is 0.871 bits per heavy atom. The number of rotatable bonds is 8. The topological polar surface area (TPSA) is 141 Å². The molecule has 0 heterocycles. The summed E-state index contributed by atoms with van der Waals surface area (Å²) in [6.45, 7) is 0. The molecule has 31 heavy (non-hydrogen) atoms. The summed E-state index contributed by atoms with van der Waals surface area (Å²) in [4.78, 5) is 0. The molecule has 3 aromatic rings. The Bertz CT molecular complexity index is 1280. The maximum Gasteiger partial charge on any atom is 0.390 e. The zero-order chi connectivity index (χ0) is 22.8. The van der Waals surface area contributed by atoms with Crippen molar-refractivity contribution < 1.29 is 38.2 Å². The Balaban J connectivity index is 2.35. The normalized spacial score (nSPS) is 12.8. The van der Waals surface area contributed by atoms with Crippen LogP contribution in [0.5, 0.6) is 11.5 Å². The van der Waals surface area contributed by atoms with E-state index < -0.39 is 39.3 Å². The molecule has 0 aliphatic carbocycles. The number of benzene rings is 3. The summed E-state index contributed by atoms with van der Waals surface area (Å²) in [5.74, 6) is -0.747. The van der Waals surface area contributed by atoms with E-state index in [-0.39, 0.29) is 11.5 Å². The maximum absolute atomic E-state index is 13.3. The van der Waals surface area contributed by atoms with Crippen LogP contribution >= 0.6 is 0 Å². The molecule has 12 heteroatoms. The molecule has 0 aromatic heterocycles. The average molecular weight is 485 g/mol. The van der Waals surface area contributed by atoms with Gasteiger partial charge in [-0.15, -0.1) is 0 Å². The van der Waals surface area contributed by atoms with E-state index >= 15 is 0 Å². The molecule has 164 valence electrons. The van der Waals surface area contributed by atoms with Crippen molar-refractivity contribution in [3.05, 3.63) is 96.6 Å². The van der Waals surface area contributed by atoms with E-state index in [1.54, 1.807) is 0 Å².